The summed E-state index contributed by atoms with van der Waals surface area (Å²) in [7, 11) is 3.71. The summed E-state index contributed by atoms with van der Waals surface area (Å²) in [5.74, 6) is 0. The number of aryl methyl sites for hydroxylation is 2. The van der Waals surface area contributed by atoms with Gasteiger partial charge in [0.05, 0.1) is 12.7 Å². The van der Waals surface area contributed by atoms with Gasteiger partial charge in [-0.15, -0.1) is 0 Å². The van der Waals surface area contributed by atoms with Crippen LogP contribution in [0.1, 0.15) is 29.7 Å². The van der Waals surface area contributed by atoms with E-state index in [1.165, 1.54) is 5.56 Å². The molecule has 1 N–H and O–H groups in total. The van der Waals surface area contributed by atoms with Crippen molar-refractivity contribution < 1.29 is 9.84 Å². The first-order valence-electron chi connectivity index (χ1n) is 6.40. The molecule has 3 heteroatoms. The van der Waals surface area contributed by atoms with Gasteiger partial charge in [-0.2, -0.15) is 0 Å². The number of aliphatic hydroxyl groups excluding tert-OH is 1. The molecule has 0 fully saturated rings. The number of likely N-dealkylation sites (N-methyl/N-ethyl adjacent to an activating group) is 1. The molecule has 0 aliphatic carbocycles. The lowest BCUT2D eigenvalue weighted by molar-refractivity contribution is 0.0706. The van der Waals surface area contributed by atoms with Gasteiger partial charge in [0.15, 0.2) is 0 Å². The minimum absolute atomic E-state index is 0.301. The number of ether oxygens (including phenoxy) is 1. The highest BCUT2D eigenvalue weighted by atomic mass is 16.5. The molecule has 0 radical (unpaired) electrons. The fourth-order valence-corrected chi connectivity index (χ4v) is 2.04. The molecule has 0 aliphatic heterocycles. The van der Waals surface area contributed by atoms with Crippen molar-refractivity contribution in [2.75, 3.05) is 27.3 Å². The molecule has 0 saturated carbocycles. The molecule has 102 valence electrons. The molecular formula is C15H25NO2. The van der Waals surface area contributed by atoms with Gasteiger partial charge >= 0.3 is 0 Å². The maximum absolute atomic E-state index is 10.3. The van der Waals surface area contributed by atoms with Crippen molar-refractivity contribution in [1.82, 2.24) is 4.90 Å². The third kappa shape index (κ3) is 4.09. The minimum atomic E-state index is -0.450. The Morgan fingerprint density at radius 1 is 1.33 bits per heavy atom. The Bertz CT molecular complexity index is 379. The third-order valence-corrected chi connectivity index (χ3v) is 3.41. The zero-order valence-corrected chi connectivity index (χ0v) is 12.1. The van der Waals surface area contributed by atoms with E-state index in [0.29, 0.717) is 19.2 Å². The van der Waals surface area contributed by atoms with Crippen LogP contribution in [0.4, 0.5) is 0 Å². The van der Waals surface area contributed by atoms with Gasteiger partial charge in [-0.25, -0.2) is 0 Å². The first-order valence-corrected chi connectivity index (χ1v) is 6.40. The van der Waals surface area contributed by atoms with Crippen molar-refractivity contribution in [3.8, 4) is 0 Å². The summed E-state index contributed by atoms with van der Waals surface area (Å²) in [6.07, 6.45) is -0.450. The Morgan fingerprint density at radius 2 is 2.00 bits per heavy atom. The predicted molar refractivity (Wildman–Crippen MR) is 74.8 cm³/mol. The van der Waals surface area contributed by atoms with Crippen LogP contribution in [0, 0.1) is 13.8 Å². The van der Waals surface area contributed by atoms with Crippen molar-refractivity contribution in [2.45, 2.75) is 32.9 Å². The maximum Gasteiger partial charge on any atom is 0.0919 e. The highest BCUT2D eigenvalue weighted by Crippen LogP contribution is 2.20. The average Bonchev–Trinajstić information content (AvgIpc) is 2.32. The number of hydrogen-bond acceptors (Lipinski definition) is 3. The first-order chi connectivity index (χ1) is 8.45. The Morgan fingerprint density at radius 3 is 2.61 bits per heavy atom. The summed E-state index contributed by atoms with van der Waals surface area (Å²) in [6, 6.07) is 6.50. The second-order valence-corrected chi connectivity index (χ2v) is 5.12. The molecule has 2 unspecified atom stereocenters. The second kappa shape index (κ2) is 6.88. The largest absolute Gasteiger partial charge is 0.387 e. The van der Waals surface area contributed by atoms with Gasteiger partial charge < -0.3 is 9.84 Å². The van der Waals surface area contributed by atoms with E-state index in [-0.39, 0.29) is 0 Å². The lowest BCUT2D eigenvalue weighted by Crippen LogP contribution is -2.36. The molecule has 3 nitrogen and oxygen atoms in total. The van der Waals surface area contributed by atoms with Crippen LogP contribution in [0.15, 0.2) is 18.2 Å². The highest BCUT2D eigenvalue weighted by Gasteiger charge is 2.16. The van der Waals surface area contributed by atoms with Gasteiger partial charge in [0.25, 0.3) is 0 Å². The van der Waals surface area contributed by atoms with E-state index >= 15 is 0 Å². The lowest BCUT2D eigenvalue weighted by atomic mass is 10.0. The fourth-order valence-electron chi connectivity index (χ4n) is 2.04. The molecule has 2 atom stereocenters. The summed E-state index contributed by atoms with van der Waals surface area (Å²) < 4.78 is 5.13. The summed E-state index contributed by atoms with van der Waals surface area (Å²) >= 11 is 0. The van der Waals surface area contributed by atoms with E-state index in [1.807, 2.05) is 20.9 Å². The number of benzene rings is 1. The summed E-state index contributed by atoms with van der Waals surface area (Å²) in [5.41, 5.74) is 3.34. The quantitative estimate of drug-likeness (QED) is 0.842. The topological polar surface area (TPSA) is 32.7 Å². The van der Waals surface area contributed by atoms with E-state index in [4.69, 9.17) is 4.74 Å². The van der Waals surface area contributed by atoms with E-state index < -0.39 is 6.10 Å². The van der Waals surface area contributed by atoms with Gasteiger partial charge in [-0.05, 0) is 38.9 Å². The smallest absolute Gasteiger partial charge is 0.0919 e. The Labute approximate surface area is 110 Å². The molecule has 0 bridgehead atoms. The average molecular weight is 251 g/mol. The molecule has 0 spiro atoms. The minimum Gasteiger partial charge on any atom is -0.387 e. The van der Waals surface area contributed by atoms with Gasteiger partial charge in [0.1, 0.15) is 0 Å². The van der Waals surface area contributed by atoms with Crippen LogP contribution in [0.3, 0.4) is 0 Å². The van der Waals surface area contributed by atoms with Crippen molar-refractivity contribution in [1.29, 1.82) is 0 Å². The molecule has 1 aromatic rings. The number of rotatable bonds is 6. The molecule has 1 rings (SSSR count). The standard InChI is InChI=1S/C15H25NO2/c1-11-6-7-12(2)14(8-11)15(17)9-16(4)13(3)10-18-5/h6-8,13,15,17H,9-10H2,1-5H3. The van der Waals surface area contributed by atoms with Crippen molar-refractivity contribution in [3.63, 3.8) is 0 Å². The third-order valence-electron chi connectivity index (χ3n) is 3.41. The van der Waals surface area contributed by atoms with Gasteiger partial charge in [0.2, 0.25) is 0 Å². The molecule has 0 aromatic heterocycles. The SMILES string of the molecule is COCC(C)N(C)CC(O)c1cc(C)ccc1C. The van der Waals surface area contributed by atoms with Crippen LogP contribution in [0.5, 0.6) is 0 Å². The van der Waals surface area contributed by atoms with E-state index in [1.54, 1.807) is 7.11 Å². The molecule has 0 heterocycles. The molecule has 18 heavy (non-hydrogen) atoms. The molecule has 0 saturated heterocycles. The van der Waals surface area contributed by atoms with E-state index in [9.17, 15) is 5.11 Å². The monoisotopic (exact) mass is 251 g/mol. The first kappa shape index (κ1) is 15.2. The van der Waals surface area contributed by atoms with Crippen molar-refractivity contribution in [2.24, 2.45) is 0 Å². The van der Waals surface area contributed by atoms with Crippen LogP contribution in [0.25, 0.3) is 0 Å². The Hall–Kier alpha value is -0.900. The summed E-state index contributed by atoms with van der Waals surface area (Å²) in [5, 5.41) is 10.3. The fraction of sp³-hybridized carbons (Fsp3) is 0.600. The molecular weight excluding hydrogens is 226 g/mol. The molecule has 1 aromatic carbocycles. The van der Waals surface area contributed by atoms with Crippen LogP contribution in [-0.2, 0) is 4.74 Å². The second-order valence-electron chi connectivity index (χ2n) is 5.12. The molecule has 0 amide bonds. The van der Waals surface area contributed by atoms with Gasteiger partial charge in [0, 0.05) is 19.7 Å². The predicted octanol–water partition coefficient (Wildman–Crippen LogP) is 2.30. The zero-order chi connectivity index (χ0) is 13.7. The number of nitrogens with zero attached hydrogens (tertiary/aromatic N) is 1. The normalized spacial score (nSPS) is 14.8. The van der Waals surface area contributed by atoms with Gasteiger partial charge in [-0.3, -0.25) is 4.90 Å². The zero-order valence-electron chi connectivity index (χ0n) is 12.1. The molecule has 0 aliphatic rings. The lowest BCUT2D eigenvalue weighted by Gasteiger charge is -2.27. The van der Waals surface area contributed by atoms with Crippen molar-refractivity contribution >= 4 is 0 Å². The van der Waals surface area contributed by atoms with Crippen LogP contribution in [0.2, 0.25) is 0 Å². The Balaban J connectivity index is 2.69. The number of aliphatic hydroxyl groups is 1. The van der Waals surface area contributed by atoms with Crippen molar-refractivity contribution in [3.05, 3.63) is 34.9 Å². The van der Waals surface area contributed by atoms with Crippen LogP contribution >= 0.6 is 0 Å². The number of methoxy groups -OCH3 is 1. The summed E-state index contributed by atoms with van der Waals surface area (Å²) in [4.78, 5) is 2.12. The van der Waals surface area contributed by atoms with Crippen LogP contribution < -0.4 is 0 Å². The van der Waals surface area contributed by atoms with Gasteiger partial charge in [-0.1, -0.05) is 23.8 Å². The summed E-state index contributed by atoms with van der Waals surface area (Å²) in [6.45, 7) is 7.48. The highest BCUT2D eigenvalue weighted by molar-refractivity contribution is 5.32. The van der Waals surface area contributed by atoms with Crippen LogP contribution in [-0.4, -0.2) is 43.4 Å². The van der Waals surface area contributed by atoms with E-state index in [2.05, 4.69) is 30.0 Å². The van der Waals surface area contributed by atoms with E-state index in [0.717, 1.165) is 11.1 Å². The Kier molecular flexibility index (Phi) is 5.79. The maximum atomic E-state index is 10.3. The number of hydrogen-bond donors (Lipinski definition) is 1.